The van der Waals surface area contributed by atoms with Gasteiger partial charge < -0.3 is 0 Å². The third kappa shape index (κ3) is 2.34. The molecule has 0 amide bonds. The lowest BCUT2D eigenvalue weighted by atomic mass is 10.0. The molecule has 0 aromatic heterocycles. The zero-order valence-electron chi connectivity index (χ0n) is 6.92. The van der Waals surface area contributed by atoms with Crippen molar-refractivity contribution in [2.75, 3.05) is 0 Å². The molecule has 0 aromatic carbocycles. The van der Waals surface area contributed by atoms with Crippen molar-refractivity contribution >= 4 is 5.78 Å². The Balaban J connectivity index is 2.28. The van der Waals surface area contributed by atoms with Crippen LogP contribution in [-0.4, -0.2) is 5.78 Å². The van der Waals surface area contributed by atoms with Gasteiger partial charge in [0.15, 0.2) is 5.78 Å². The second-order valence-electron chi connectivity index (χ2n) is 2.85. The molecule has 0 saturated heterocycles. The number of carbonyl (C=O) groups excluding carboxylic acids is 1. The van der Waals surface area contributed by atoms with E-state index in [1.54, 1.807) is 6.08 Å². The maximum absolute atomic E-state index is 11.0. The molecule has 0 N–H and O–H groups in total. The molecule has 1 nitrogen and oxygen atoms in total. The van der Waals surface area contributed by atoms with Crippen LogP contribution in [0.1, 0.15) is 26.2 Å². The van der Waals surface area contributed by atoms with Crippen LogP contribution in [-0.2, 0) is 4.79 Å². The molecule has 0 bridgehead atoms. The molecule has 0 saturated carbocycles. The van der Waals surface area contributed by atoms with Gasteiger partial charge in [0.05, 0.1) is 0 Å². The first kappa shape index (κ1) is 8.25. The fourth-order valence-electron chi connectivity index (χ4n) is 1.24. The van der Waals surface area contributed by atoms with Crippen LogP contribution in [0.2, 0.25) is 0 Å². The molecule has 0 fully saturated rings. The molecule has 1 atom stereocenters. The second kappa shape index (κ2) is 4.12. The summed E-state index contributed by atoms with van der Waals surface area (Å²) in [6.45, 7) is 2.10. The second-order valence-corrected chi connectivity index (χ2v) is 2.85. The molecular formula is C10H14O. The van der Waals surface area contributed by atoms with E-state index < -0.39 is 0 Å². The quantitative estimate of drug-likeness (QED) is 0.565. The van der Waals surface area contributed by atoms with Crippen molar-refractivity contribution in [2.24, 2.45) is 5.92 Å². The molecule has 11 heavy (non-hydrogen) atoms. The van der Waals surface area contributed by atoms with Crippen LogP contribution in [0.5, 0.6) is 0 Å². The van der Waals surface area contributed by atoms with Crippen molar-refractivity contribution < 1.29 is 4.79 Å². The van der Waals surface area contributed by atoms with E-state index in [1.165, 1.54) is 0 Å². The van der Waals surface area contributed by atoms with E-state index in [0.29, 0.717) is 5.78 Å². The SMILES string of the molecule is CC/C=C/CC1CC=CC1=O. The van der Waals surface area contributed by atoms with Crippen LogP contribution in [0, 0.1) is 5.92 Å². The Labute approximate surface area is 67.8 Å². The smallest absolute Gasteiger partial charge is 0.159 e. The zero-order chi connectivity index (χ0) is 8.10. The molecule has 60 valence electrons. The van der Waals surface area contributed by atoms with Crippen LogP contribution in [0.15, 0.2) is 24.3 Å². The topological polar surface area (TPSA) is 17.1 Å². The van der Waals surface area contributed by atoms with Crippen LogP contribution in [0.25, 0.3) is 0 Å². The Morgan fingerprint density at radius 2 is 2.45 bits per heavy atom. The van der Waals surface area contributed by atoms with Crippen LogP contribution < -0.4 is 0 Å². The number of hydrogen-bond acceptors (Lipinski definition) is 1. The van der Waals surface area contributed by atoms with Gasteiger partial charge in [0.1, 0.15) is 0 Å². The van der Waals surface area contributed by atoms with Gasteiger partial charge in [0.2, 0.25) is 0 Å². The van der Waals surface area contributed by atoms with Crippen molar-refractivity contribution in [1.29, 1.82) is 0 Å². The van der Waals surface area contributed by atoms with E-state index in [9.17, 15) is 4.79 Å². The highest BCUT2D eigenvalue weighted by Crippen LogP contribution is 2.18. The molecule has 0 radical (unpaired) electrons. The largest absolute Gasteiger partial charge is 0.295 e. The normalized spacial score (nSPS) is 23.7. The summed E-state index contributed by atoms with van der Waals surface area (Å²) in [4.78, 5) is 11.0. The van der Waals surface area contributed by atoms with E-state index in [4.69, 9.17) is 0 Å². The first-order valence-corrected chi connectivity index (χ1v) is 4.20. The van der Waals surface area contributed by atoms with Crippen molar-refractivity contribution in [3.05, 3.63) is 24.3 Å². The zero-order valence-corrected chi connectivity index (χ0v) is 6.92. The van der Waals surface area contributed by atoms with Crippen LogP contribution in [0.4, 0.5) is 0 Å². The maximum atomic E-state index is 11.0. The third-order valence-corrected chi connectivity index (χ3v) is 1.93. The standard InChI is InChI=1S/C10H14O/c1-2-3-4-6-9-7-5-8-10(9)11/h3-5,8-9H,2,6-7H2,1H3/b4-3+. The van der Waals surface area contributed by atoms with Gasteiger partial charge in [-0.15, -0.1) is 0 Å². The molecule has 0 aromatic rings. The highest BCUT2D eigenvalue weighted by molar-refractivity contribution is 5.94. The van der Waals surface area contributed by atoms with E-state index in [-0.39, 0.29) is 5.92 Å². The van der Waals surface area contributed by atoms with E-state index in [1.807, 2.05) is 6.08 Å². The highest BCUT2D eigenvalue weighted by atomic mass is 16.1. The van der Waals surface area contributed by atoms with Gasteiger partial charge in [-0.05, 0) is 25.3 Å². The molecule has 0 aliphatic heterocycles. The Kier molecular flexibility index (Phi) is 3.09. The summed E-state index contributed by atoms with van der Waals surface area (Å²) in [5.74, 6) is 0.545. The molecule has 1 unspecified atom stereocenters. The van der Waals surface area contributed by atoms with Gasteiger partial charge in [0, 0.05) is 5.92 Å². The molecule has 1 aliphatic carbocycles. The summed E-state index contributed by atoms with van der Waals surface area (Å²) in [6, 6.07) is 0. The molecule has 0 spiro atoms. The Morgan fingerprint density at radius 3 is 3.00 bits per heavy atom. The number of allylic oxidation sites excluding steroid dienone is 4. The summed E-state index contributed by atoms with van der Waals surface area (Å²) >= 11 is 0. The minimum Gasteiger partial charge on any atom is -0.295 e. The summed E-state index contributed by atoms with van der Waals surface area (Å²) in [7, 11) is 0. The monoisotopic (exact) mass is 150 g/mol. The number of carbonyl (C=O) groups is 1. The molecule has 1 rings (SSSR count). The summed E-state index contributed by atoms with van der Waals surface area (Å²) < 4.78 is 0. The number of rotatable bonds is 3. The molecule has 1 aliphatic rings. The van der Waals surface area contributed by atoms with Gasteiger partial charge in [0.25, 0.3) is 0 Å². The van der Waals surface area contributed by atoms with E-state index in [2.05, 4.69) is 19.1 Å². The summed E-state index contributed by atoms with van der Waals surface area (Å²) in [5, 5.41) is 0. The van der Waals surface area contributed by atoms with Crippen molar-refractivity contribution in [2.45, 2.75) is 26.2 Å². The molecule has 1 heteroatoms. The summed E-state index contributed by atoms with van der Waals surface area (Å²) in [6.07, 6.45) is 10.8. The molecular weight excluding hydrogens is 136 g/mol. The van der Waals surface area contributed by atoms with E-state index >= 15 is 0 Å². The molecule has 0 heterocycles. The van der Waals surface area contributed by atoms with Gasteiger partial charge in [-0.2, -0.15) is 0 Å². The average molecular weight is 150 g/mol. The minimum absolute atomic E-state index is 0.248. The Hall–Kier alpha value is -0.850. The fraction of sp³-hybridized carbons (Fsp3) is 0.500. The van der Waals surface area contributed by atoms with Gasteiger partial charge in [-0.1, -0.05) is 25.2 Å². The first-order valence-electron chi connectivity index (χ1n) is 4.20. The van der Waals surface area contributed by atoms with Gasteiger partial charge >= 0.3 is 0 Å². The van der Waals surface area contributed by atoms with Crippen LogP contribution in [0.3, 0.4) is 0 Å². The highest BCUT2D eigenvalue weighted by Gasteiger charge is 2.17. The predicted molar refractivity (Wildman–Crippen MR) is 46.3 cm³/mol. The van der Waals surface area contributed by atoms with Gasteiger partial charge in [-0.25, -0.2) is 0 Å². The fourth-order valence-corrected chi connectivity index (χ4v) is 1.24. The summed E-state index contributed by atoms with van der Waals surface area (Å²) in [5.41, 5.74) is 0. The minimum atomic E-state index is 0.248. The lowest BCUT2D eigenvalue weighted by Crippen LogP contribution is -2.04. The van der Waals surface area contributed by atoms with Crippen LogP contribution >= 0.6 is 0 Å². The van der Waals surface area contributed by atoms with Crippen molar-refractivity contribution in [1.82, 2.24) is 0 Å². The predicted octanol–water partition coefficient (Wildman–Crippen LogP) is 2.49. The lowest BCUT2D eigenvalue weighted by molar-refractivity contribution is -0.117. The number of ketones is 1. The van der Waals surface area contributed by atoms with E-state index in [0.717, 1.165) is 19.3 Å². The number of hydrogen-bond donors (Lipinski definition) is 0. The van der Waals surface area contributed by atoms with Crippen molar-refractivity contribution in [3.63, 3.8) is 0 Å². The van der Waals surface area contributed by atoms with Gasteiger partial charge in [-0.3, -0.25) is 4.79 Å². The van der Waals surface area contributed by atoms with Crippen molar-refractivity contribution in [3.8, 4) is 0 Å². The Morgan fingerprint density at radius 1 is 1.64 bits per heavy atom. The Bertz CT molecular complexity index is 189. The average Bonchev–Trinajstić information content (AvgIpc) is 2.37. The maximum Gasteiger partial charge on any atom is 0.159 e. The first-order chi connectivity index (χ1) is 5.34. The lowest BCUT2D eigenvalue weighted by Gasteiger charge is -2.01. The third-order valence-electron chi connectivity index (χ3n) is 1.93.